The average Bonchev–Trinajstić information content (AvgIpc) is 2.72. The van der Waals surface area contributed by atoms with Crippen molar-refractivity contribution in [1.82, 2.24) is 14.5 Å². The Labute approximate surface area is 179 Å². The predicted molar refractivity (Wildman–Crippen MR) is 115 cm³/mol. The van der Waals surface area contributed by atoms with E-state index in [0.29, 0.717) is 25.0 Å². The number of carbonyl (C=O) groups is 1. The summed E-state index contributed by atoms with van der Waals surface area (Å²) >= 11 is 0. The largest absolute Gasteiger partial charge is 0.339 e. The summed E-state index contributed by atoms with van der Waals surface area (Å²) in [6.07, 6.45) is 4.70. The minimum atomic E-state index is -3.89. The highest BCUT2D eigenvalue weighted by atomic mass is 32.2. The van der Waals surface area contributed by atoms with E-state index in [0.717, 1.165) is 12.5 Å². The quantitative estimate of drug-likeness (QED) is 0.766. The number of amides is 1. The maximum Gasteiger partial charge on any atom is 0.246 e. The zero-order chi connectivity index (χ0) is 21.9. The number of nitrogens with zero attached hydrogens (tertiary/aromatic N) is 2. The number of halogens is 1. The van der Waals surface area contributed by atoms with Crippen LogP contribution in [-0.2, 0) is 14.8 Å². The molecule has 0 aromatic heterocycles. The van der Waals surface area contributed by atoms with E-state index in [1.807, 2.05) is 0 Å². The molecule has 1 aliphatic heterocycles. The third kappa shape index (κ3) is 5.21. The van der Waals surface area contributed by atoms with E-state index in [4.69, 9.17) is 0 Å². The van der Waals surface area contributed by atoms with Gasteiger partial charge in [-0.1, -0.05) is 45.7 Å². The van der Waals surface area contributed by atoms with Crippen LogP contribution in [0.5, 0.6) is 0 Å². The van der Waals surface area contributed by atoms with Crippen LogP contribution < -0.4 is 5.32 Å². The van der Waals surface area contributed by atoms with Crippen LogP contribution in [0, 0.1) is 17.2 Å². The fraction of sp³-hybridized carbons (Fsp3) is 0.682. The number of piperazine rings is 1. The first-order valence-corrected chi connectivity index (χ1v) is 12.3. The number of carbonyl (C=O) groups excluding carboxylic acids is 1. The second-order valence-electron chi connectivity index (χ2n) is 9.46. The summed E-state index contributed by atoms with van der Waals surface area (Å²) in [5.74, 6) is -0.209. The molecule has 1 aromatic rings. The van der Waals surface area contributed by atoms with Gasteiger partial charge in [-0.3, -0.25) is 4.79 Å². The van der Waals surface area contributed by atoms with Crippen molar-refractivity contribution in [1.29, 1.82) is 0 Å². The molecular weight excluding hydrogens is 405 g/mol. The topological polar surface area (TPSA) is 69.7 Å². The summed E-state index contributed by atoms with van der Waals surface area (Å²) in [6, 6.07) is 5.74. The summed E-state index contributed by atoms with van der Waals surface area (Å²) in [6.45, 7) is 8.05. The van der Waals surface area contributed by atoms with Crippen LogP contribution >= 0.6 is 0 Å². The molecule has 0 bridgehead atoms. The summed E-state index contributed by atoms with van der Waals surface area (Å²) in [5, 5.41) is 3.48. The zero-order valence-electron chi connectivity index (χ0n) is 18.2. The summed E-state index contributed by atoms with van der Waals surface area (Å²) in [7, 11) is -3.89. The van der Waals surface area contributed by atoms with Gasteiger partial charge < -0.3 is 10.2 Å². The maximum absolute atomic E-state index is 14.0. The van der Waals surface area contributed by atoms with Gasteiger partial charge in [0.2, 0.25) is 15.9 Å². The molecule has 0 radical (unpaired) electrons. The number of hydrogen-bond acceptors (Lipinski definition) is 4. The smallest absolute Gasteiger partial charge is 0.246 e. The first kappa shape index (κ1) is 23.2. The van der Waals surface area contributed by atoms with Crippen LogP contribution in [0.25, 0.3) is 0 Å². The third-order valence-electron chi connectivity index (χ3n) is 6.44. The molecule has 6 nitrogen and oxygen atoms in total. The molecule has 8 heteroatoms. The highest BCUT2D eigenvalue weighted by Gasteiger charge is 2.35. The second kappa shape index (κ2) is 9.32. The molecule has 0 spiro atoms. The standard InChI is InChI=1S/C22H34FN3O3S/c1-22(2,3)17-8-4-6-10-19(17)24-16-21(27)25-12-14-26(15-13-25)30(28,29)20-11-7-5-9-18(20)23/h5,7,9,11,17,19,24H,4,6,8,10,12-16H2,1-3H3. The van der Waals surface area contributed by atoms with Crippen LogP contribution in [0.3, 0.4) is 0 Å². The highest BCUT2D eigenvalue weighted by Crippen LogP contribution is 2.37. The van der Waals surface area contributed by atoms with E-state index >= 15 is 0 Å². The Balaban J connectivity index is 1.54. The van der Waals surface area contributed by atoms with E-state index < -0.39 is 15.8 Å². The first-order valence-electron chi connectivity index (χ1n) is 10.9. The Morgan fingerprint density at radius 2 is 1.73 bits per heavy atom. The Hall–Kier alpha value is -1.51. The van der Waals surface area contributed by atoms with Gasteiger partial charge in [0.05, 0.1) is 6.54 Å². The molecule has 1 aromatic carbocycles. The zero-order valence-corrected chi connectivity index (χ0v) is 19.0. The van der Waals surface area contributed by atoms with Crippen molar-refractivity contribution < 1.29 is 17.6 Å². The molecular formula is C22H34FN3O3S. The van der Waals surface area contributed by atoms with Crippen LogP contribution in [0.15, 0.2) is 29.2 Å². The fourth-order valence-corrected chi connectivity index (χ4v) is 6.20. The van der Waals surface area contributed by atoms with Crippen molar-refractivity contribution in [2.75, 3.05) is 32.7 Å². The molecule has 1 saturated carbocycles. The molecule has 2 unspecified atom stereocenters. The normalized spacial score (nSPS) is 24.1. The van der Waals surface area contributed by atoms with Crippen LogP contribution in [0.4, 0.5) is 4.39 Å². The van der Waals surface area contributed by atoms with Gasteiger partial charge in [0, 0.05) is 32.2 Å². The van der Waals surface area contributed by atoms with Gasteiger partial charge in [0.15, 0.2) is 0 Å². The number of nitrogens with one attached hydrogen (secondary N) is 1. The summed E-state index contributed by atoms with van der Waals surface area (Å²) in [5.41, 5.74) is 0.202. The molecule has 3 rings (SSSR count). The Morgan fingerprint density at radius 1 is 1.10 bits per heavy atom. The molecule has 2 atom stereocenters. The third-order valence-corrected chi connectivity index (χ3v) is 8.37. The summed E-state index contributed by atoms with van der Waals surface area (Å²) in [4.78, 5) is 14.1. The van der Waals surface area contributed by atoms with Gasteiger partial charge in [-0.2, -0.15) is 4.31 Å². The van der Waals surface area contributed by atoms with Gasteiger partial charge in [-0.25, -0.2) is 12.8 Å². The minimum absolute atomic E-state index is 0.00354. The fourth-order valence-electron chi connectivity index (χ4n) is 4.71. The van der Waals surface area contributed by atoms with Gasteiger partial charge >= 0.3 is 0 Å². The Kier molecular flexibility index (Phi) is 7.20. The van der Waals surface area contributed by atoms with Crippen LogP contribution in [-0.4, -0.2) is 62.3 Å². The van der Waals surface area contributed by atoms with E-state index in [2.05, 4.69) is 26.1 Å². The van der Waals surface area contributed by atoms with Crippen LogP contribution in [0.2, 0.25) is 0 Å². The molecule has 1 heterocycles. The maximum atomic E-state index is 14.0. The van der Waals surface area contributed by atoms with Crippen molar-refractivity contribution in [3.05, 3.63) is 30.1 Å². The lowest BCUT2D eigenvalue weighted by atomic mass is 9.69. The Morgan fingerprint density at radius 3 is 2.37 bits per heavy atom. The lowest BCUT2D eigenvalue weighted by Gasteiger charge is -2.41. The van der Waals surface area contributed by atoms with Crippen molar-refractivity contribution in [2.45, 2.75) is 57.4 Å². The number of benzene rings is 1. The molecule has 168 valence electrons. The molecule has 1 saturated heterocycles. The van der Waals surface area contributed by atoms with Crippen molar-refractivity contribution in [3.63, 3.8) is 0 Å². The lowest BCUT2D eigenvalue weighted by Crippen LogP contribution is -2.54. The average molecular weight is 440 g/mol. The number of hydrogen-bond donors (Lipinski definition) is 1. The Bertz CT molecular complexity index is 845. The van der Waals surface area contributed by atoms with Crippen molar-refractivity contribution in [3.8, 4) is 0 Å². The molecule has 2 fully saturated rings. The van der Waals surface area contributed by atoms with E-state index in [1.54, 1.807) is 4.90 Å². The van der Waals surface area contributed by atoms with Gasteiger partial charge in [0.1, 0.15) is 10.7 Å². The number of sulfonamides is 1. The first-order chi connectivity index (χ1) is 14.1. The van der Waals surface area contributed by atoms with Gasteiger partial charge in [0.25, 0.3) is 0 Å². The lowest BCUT2D eigenvalue weighted by molar-refractivity contribution is -0.131. The van der Waals surface area contributed by atoms with E-state index in [9.17, 15) is 17.6 Å². The van der Waals surface area contributed by atoms with E-state index in [-0.39, 0.29) is 35.9 Å². The molecule has 1 amide bonds. The van der Waals surface area contributed by atoms with Gasteiger partial charge in [-0.15, -0.1) is 0 Å². The monoisotopic (exact) mass is 439 g/mol. The van der Waals surface area contributed by atoms with Gasteiger partial charge in [-0.05, 0) is 36.3 Å². The van der Waals surface area contributed by atoms with Crippen molar-refractivity contribution >= 4 is 15.9 Å². The second-order valence-corrected chi connectivity index (χ2v) is 11.4. The molecule has 1 aliphatic carbocycles. The minimum Gasteiger partial charge on any atom is -0.339 e. The van der Waals surface area contributed by atoms with E-state index in [1.165, 1.54) is 41.8 Å². The molecule has 1 N–H and O–H groups in total. The predicted octanol–water partition coefficient (Wildman–Crippen LogP) is 2.85. The van der Waals surface area contributed by atoms with Crippen molar-refractivity contribution in [2.24, 2.45) is 11.3 Å². The number of rotatable bonds is 5. The molecule has 30 heavy (non-hydrogen) atoms. The highest BCUT2D eigenvalue weighted by molar-refractivity contribution is 7.89. The molecule has 2 aliphatic rings. The SMILES string of the molecule is CC(C)(C)C1CCCCC1NCC(=O)N1CCN(S(=O)(=O)c2ccccc2F)CC1. The van der Waals surface area contributed by atoms with Crippen LogP contribution in [0.1, 0.15) is 46.5 Å². The summed E-state index contributed by atoms with van der Waals surface area (Å²) < 4.78 is 40.7.